The van der Waals surface area contributed by atoms with Gasteiger partial charge in [-0.05, 0) is 36.5 Å². The number of thiol groups is 2. The molecule has 0 aromatic carbocycles. The molecule has 0 aliphatic rings. The van der Waals surface area contributed by atoms with Gasteiger partial charge in [0.2, 0.25) is 29.5 Å². The maximum Gasteiger partial charge on any atom is 0.305 e. The molecule has 0 spiro atoms. The fraction of sp³-hybridized carbons (Fsp3) is 0.824. The minimum absolute atomic E-state index is 0.000560. The Morgan fingerprint density at radius 1 is 0.510 bits per heavy atom. The topological polar surface area (TPSA) is 209 Å². The Bertz CT molecular complexity index is 1060. The number of nitrogens with two attached hydrogens (primary N) is 1. The van der Waals surface area contributed by atoms with Gasteiger partial charge in [-0.3, -0.25) is 28.8 Å². The Balaban J connectivity index is 5.24. The molecule has 0 bridgehead atoms. The van der Waals surface area contributed by atoms with Gasteiger partial charge in [0.05, 0.1) is 6.42 Å². The Kier molecular flexibility index (Phi) is 23.3. The summed E-state index contributed by atoms with van der Waals surface area (Å²) in [5, 5.41) is 23.5. The number of carbonyl (C=O) groups is 6. The number of nitrogens with one attached hydrogen (secondary N) is 5. The minimum atomic E-state index is -1.00. The third-order valence-corrected chi connectivity index (χ3v) is 8.84. The summed E-state index contributed by atoms with van der Waals surface area (Å²) >= 11 is 8.58. The Labute approximate surface area is 304 Å². The summed E-state index contributed by atoms with van der Waals surface area (Å²) < 4.78 is 0. The summed E-state index contributed by atoms with van der Waals surface area (Å²) in [4.78, 5) is 75.5. The summed E-state index contributed by atoms with van der Waals surface area (Å²) in [5.74, 6) is -1.77. The van der Waals surface area contributed by atoms with Gasteiger partial charge in [0, 0.05) is 79.9 Å². The SMILES string of the molecule is CC(C)C[C@@H](CC(=O)O)NC(=O)C[C@H](CS)NC(=O)C[C@@H](NC(=O)C[C@H](CC(C)C)NC(=O)C[C@H](CS)NC(=O)C[C@@H](N)C(C)C)C(C)C. The van der Waals surface area contributed by atoms with Crippen LogP contribution in [0.3, 0.4) is 0 Å². The number of carboxylic acid groups (broad SMARTS) is 1. The second-order valence-electron chi connectivity index (χ2n) is 14.6. The lowest BCUT2D eigenvalue weighted by Crippen LogP contribution is -2.48. The number of amides is 5. The van der Waals surface area contributed by atoms with Crippen LogP contribution in [0, 0.1) is 23.7 Å². The van der Waals surface area contributed by atoms with Gasteiger partial charge in [0.25, 0.3) is 0 Å². The van der Waals surface area contributed by atoms with E-state index >= 15 is 0 Å². The van der Waals surface area contributed by atoms with Gasteiger partial charge in [-0.1, -0.05) is 55.4 Å². The minimum Gasteiger partial charge on any atom is -0.481 e. The molecule has 0 unspecified atom stereocenters. The van der Waals surface area contributed by atoms with Crippen molar-refractivity contribution in [1.29, 1.82) is 0 Å². The van der Waals surface area contributed by atoms with Crippen LogP contribution in [0.25, 0.3) is 0 Å². The lowest BCUT2D eigenvalue weighted by Gasteiger charge is -2.26. The van der Waals surface area contributed by atoms with Crippen molar-refractivity contribution in [3.63, 3.8) is 0 Å². The number of carboxylic acids is 1. The highest BCUT2D eigenvalue weighted by Crippen LogP contribution is 2.13. The average molecular weight is 733 g/mol. The number of hydrogen-bond donors (Lipinski definition) is 9. The van der Waals surface area contributed by atoms with Crippen molar-refractivity contribution in [3.05, 3.63) is 0 Å². The van der Waals surface area contributed by atoms with Crippen molar-refractivity contribution in [2.75, 3.05) is 11.5 Å². The van der Waals surface area contributed by atoms with Gasteiger partial charge in [0.1, 0.15) is 0 Å². The quantitative estimate of drug-likeness (QED) is 0.0636. The van der Waals surface area contributed by atoms with E-state index in [1.165, 1.54) is 0 Å². The molecule has 8 N–H and O–H groups in total. The van der Waals surface area contributed by atoms with Crippen molar-refractivity contribution in [3.8, 4) is 0 Å². The smallest absolute Gasteiger partial charge is 0.305 e. The van der Waals surface area contributed by atoms with Gasteiger partial charge in [-0.25, -0.2) is 0 Å². The zero-order valence-corrected chi connectivity index (χ0v) is 32.5. The molecule has 6 atom stereocenters. The highest BCUT2D eigenvalue weighted by atomic mass is 32.1. The highest BCUT2D eigenvalue weighted by Gasteiger charge is 2.26. The molecule has 5 amide bonds. The molecular weight excluding hydrogens is 669 g/mol. The van der Waals surface area contributed by atoms with E-state index in [9.17, 15) is 33.9 Å². The van der Waals surface area contributed by atoms with Crippen molar-refractivity contribution < 1.29 is 33.9 Å². The number of rotatable bonds is 25. The first-order chi connectivity index (χ1) is 22.7. The number of aliphatic carboxylic acids is 1. The van der Waals surface area contributed by atoms with Crippen LogP contribution >= 0.6 is 25.3 Å². The molecular formula is C34H64N6O7S2. The van der Waals surface area contributed by atoms with Crippen LogP contribution in [-0.2, 0) is 28.8 Å². The predicted octanol–water partition coefficient (Wildman–Crippen LogP) is 2.43. The highest BCUT2D eigenvalue weighted by molar-refractivity contribution is 7.80. The van der Waals surface area contributed by atoms with E-state index in [1.807, 2.05) is 55.4 Å². The van der Waals surface area contributed by atoms with Crippen molar-refractivity contribution in [2.24, 2.45) is 29.4 Å². The van der Waals surface area contributed by atoms with Gasteiger partial charge in [0.15, 0.2) is 0 Å². The van der Waals surface area contributed by atoms with Crippen molar-refractivity contribution >= 4 is 60.8 Å². The maximum atomic E-state index is 13.2. The molecule has 0 fully saturated rings. The first kappa shape index (κ1) is 46.5. The van der Waals surface area contributed by atoms with Crippen LogP contribution in [-0.4, -0.2) is 88.4 Å². The molecule has 0 rings (SSSR count). The summed E-state index contributed by atoms with van der Waals surface area (Å²) in [5.41, 5.74) is 6.00. The van der Waals surface area contributed by atoms with Gasteiger partial charge < -0.3 is 37.4 Å². The zero-order valence-electron chi connectivity index (χ0n) is 30.7. The van der Waals surface area contributed by atoms with Crippen LogP contribution < -0.4 is 32.3 Å². The fourth-order valence-electron chi connectivity index (χ4n) is 5.24. The second kappa shape index (κ2) is 24.6. The van der Waals surface area contributed by atoms with Gasteiger partial charge in [-0.15, -0.1) is 0 Å². The van der Waals surface area contributed by atoms with E-state index in [2.05, 4.69) is 51.8 Å². The second-order valence-corrected chi connectivity index (χ2v) is 15.4. The molecule has 0 aromatic rings. The lowest BCUT2D eigenvalue weighted by molar-refractivity contribution is -0.138. The van der Waals surface area contributed by atoms with Crippen LogP contribution in [0.15, 0.2) is 0 Å². The van der Waals surface area contributed by atoms with Crippen LogP contribution in [0.2, 0.25) is 0 Å². The van der Waals surface area contributed by atoms with E-state index in [1.54, 1.807) is 0 Å². The lowest BCUT2D eigenvalue weighted by atomic mass is 9.97. The molecule has 284 valence electrons. The van der Waals surface area contributed by atoms with E-state index in [-0.39, 0.29) is 109 Å². The van der Waals surface area contributed by atoms with Crippen LogP contribution in [0.4, 0.5) is 0 Å². The number of carbonyl (C=O) groups excluding carboxylic acids is 5. The van der Waals surface area contributed by atoms with Gasteiger partial charge in [-0.2, -0.15) is 25.3 Å². The third-order valence-electron chi connectivity index (χ3n) is 7.96. The van der Waals surface area contributed by atoms with E-state index in [0.717, 1.165) is 0 Å². The molecule has 0 aliphatic carbocycles. The summed E-state index contributed by atoms with van der Waals surface area (Å²) in [7, 11) is 0. The molecule has 0 saturated heterocycles. The molecule has 0 heterocycles. The first-order valence-corrected chi connectivity index (χ1v) is 18.7. The monoisotopic (exact) mass is 732 g/mol. The largest absolute Gasteiger partial charge is 0.481 e. The Morgan fingerprint density at radius 2 is 0.857 bits per heavy atom. The molecule has 0 aromatic heterocycles. The molecule has 13 nitrogen and oxygen atoms in total. The van der Waals surface area contributed by atoms with Crippen LogP contribution in [0.5, 0.6) is 0 Å². The van der Waals surface area contributed by atoms with E-state index < -0.39 is 36.2 Å². The fourth-order valence-corrected chi connectivity index (χ4v) is 5.69. The molecule has 49 heavy (non-hydrogen) atoms. The summed E-state index contributed by atoms with van der Waals surface area (Å²) in [6, 6.07) is -2.87. The van der Waals surface area contributed by atoms with Gasteiger partial charge >= 0.3 is 5.97 Å². The predicted molar refractivity (Wildman–Crippen MR) is 199 cm³/mol. The Hall–Kier alpha value is -2.52. The zero-order chi connectivity index (χ0) is 37.8. The number of hydrogen-bond acceptors (Lipinski definition) is 9. The summed E-state index contributed by atoms with van der Waals surface area (Å²) in [6.07, 6.45) is 0.911. The Morgan fingerprint density at radius 3 is 1.22 bits per heavy atom. The normalized spacial score (nSPS) is 15.2. The third kappa shape index (κ3) is 22.7. The van der Waals surface area contributed by atoms with Crippen molar-refractivity contribution in [2.45, 2.75) is 143 Å². The average Bonchev–Trinajstić information content (AvgIpc) is 2.94. The van der Waals surface area contributed by atoms with Crippen LogP contribution in [0.1, 0.15) is 107 Å². The molecule has 15 heteroatoms. The molecule has 0 radical (unpaired) electrons. The standard InChI is InChI=1S/C34H64N6O7S2/c1-19(2)9-23(36-29(41)12-25(17-48)38-32(44)15-27(35)21(5)6)11-31(43)40-28(22(7)8)16-33(45)39-26(18-49)13-30(42)37-24(10-20(3)4)14-34(46)47/h19-28,48-49H,9-18,35H2,1-8H3,(H,36,41)(H,37,42)(H,38,44)(H,39,45)(H,40,43)(H,46,47)/t23-,24-,25+,26+,27+,28+/m0/s1. The van der Waals surface area contributed by atoms with E-state index in [0.29, 0.717) is 12.8 Å². The first-order valence-electron chi connectivity index (χ1n) is 17.4. The molecule has 0 aliphatic heterocycles. The van der Waals surface area contributed by atoms with Crippen molar-refractivity contribution in [1.82, 2.24) is 26.6 Å². The maximum absolute atomic E-state index is 13.2. The molecule has 0 saturated carbocycles. The van der Waals surface area contributed by atoms with E-state index in [4.69, 9.17) is 5.73 Å². The summed E-state index contributed by atoms with van der Waals surface area (Å²) in [6.45, 7) is 15.5.